The van der Waals surface area contributed by atoms with E-state index >= 15 is 0 Å². The van der Waals surface area contributed by atoms with Crippen molar-refractivity contribution in [3.63, 3.8) is 0 Å². The lowest BCUT2D eigenvalue weighted by Crippen LogP contribution is -2.04. The standard InChI is InChI=1S/C16H13ClFIN2/c1-10-2-4-13-15(8-10)21(16(20-13)6-7-17)14-5-3-11(18)9-12(14)19/h2-5,8-9H,6-7H2,1H3. The summed E-state index contributed by atoms with van der Waals surface area (Å²) in [7, 11) is 0. The summed E-state index contributed by atoms with van der Waals surface area (Å²) in [5, 5.41) is 0. The van der Waals surface area contributed by atoms with Crippen LogP contribution in [0.4, 0.5) is 4.39 Å². The third-order valence-electron chi connectivity index (χ3n) is 3.35. The molecule has 1 aromatic heterocycles. The Kier molecular flexibility index (Phi) is 4.17. The number of aryl methyl sites for hydroxylation is 2. The van der Waals surface area contributed by atoms with Gasteiger partial charge in [-0.15, -0.1) is 11.6 Å². The van der Waals surface area contributed by atoms with E-state index in [1.165, 1.54) is 12.1 Å². The SMILES string of the molecule is Cc1ccc2nc(CCCl)n(-c3ccc(F)cc3I)c2c1. The number of hydrogen-bond acceptors (Lipinski definition) is 1. The number of rotatable bonds is 3. The largest absolute Gasteiger partial charge is 0.295 e. The van der Waals surface area contributed by atoms with Crippen LogP contribution < -0.4 is 0 Å². The van der Waals surface area contributed by atoms with Gasteiger partial charge in [0.2, 0.25) is 0 Å². The molecule has 0 amide bonds. The number of alkyl halides is 1. The summed E-state index contributed by atoms with van der Waals surface area (Å²) in [5.74, 6) is 1.16. The highest BCUT2D eigenvalue weighted by Crippen LogP contribution is 2.26. The Labute approximate surface area is 141 Å². The third-order valence-corrected chi connectivity index (χ3v) is 4.40. The van der Waals surface area contributed by atoms with Crippen molar-refractivity contribution in [1.29, 1.82) is 0 Å². The predicted octanol–water partition coefficient (Wildman–Crippen LogP) is 4.86. The van der Waals surface area contributed by atoms with Crippen LogP contribution in [0, 0.1) is 16.3 Å². The Morgan fingerprint density at radius 1 is 1.24 bits per heavy atom. The van der Waals surface area contributed by atoms with E-state index in [1.54, 1.807) is 6.07 Å². The van der Waals surface area contributed by atoms with Gasteiger partial charge < -0.3 is 0 Å². The average molecular weight is 415 g/mol. The minimum absolute atomic E-state index is 0.234. The maximum atomic E-state index is 13.4. The summed E-state index contributed by atoms with van der Waals surface area (Å²) in [6, 6.07) is 10.9. The molecule has 0 spiro atoms. The lowest BCUT2D eigenvalue weighted by atomic mass is 10.2. The molecule has 0 unspecified atom stereocenters. The van der Waals surface area contributed by atoms with Crippen LogP contribution in [0.3, 0.4) is 0 Å². The number of imidazole rings is 1. The third kappa shape index (κ3) is 2.79. The lowest BCUT2D eigenvalue weighted by Gasteiger charge is -2.11. The van der Waals surface area contributed by atoms with Crippen LogP contribution >= 0.6 is 34.2 Å². The van der Waals surface area contributed by atoms with Gasteiger partial charge in [-0.2, -0.15) is 0 Å². The molecule has 0 aliphatic rings. The summed E-state index contributed by atoms with van der Waals surface area (Å²) in [6.45, 7) is 2.05. The van der Waals surface area contributed by atoms with E-state index in [1.807, 2.05) is 19.1 Å². The second-order valence-electron chi connectivity index (χ2n) is 4.89. The van der Waals surface area contributed by atoms with Crippen LogP contribution in [-0.4, -0.2) is 15.4 Å². The zero-order valence-electron chi connectivity index (χ0n) is 11.4. The van der Waals surface area contributed by atoms with Crippen LogP contribution in [-0.2, 0) is 6.42 Å². The van der Waals surface area contributed by atoms with Gasteiger partial charge in [-0.1, -0.05) is 6.07 Å². The van der Waals surface area contributed by atoms with Crippen LogP contribution in [0.5, 0.6) is 0 Å². The van der Waals surface area contributed by atoms with Crippen molar-refractivity contribution in [2.75, 3.05) is 5.88 Å². The van der Waals surface area contributed by atoms with Gasteiger partial charge in [0.25, 0.3) is 0 Å². The second kappa shape index (κ2) is 5.93. The van der Waals surface area contributed by atoms with Crippen LogP contribution in [0.15, 0.2) is 36.4 Å². The van der Waals surface area contributed by atoms with E-state index in [9.17, 15) is 4.39 Å². The predicted molar refractivity (Wildman–Crippen MR) is 92.9 cm³/mol. The number of aromatic nitrogens is 2. The molecular formula is C16H13ClFIN2. The molecule has 0 saturated carbocycles. The maximum absolute atomic E-state index is 13.4. The molecule has 1 heterocycles. The molecule has 3 rings (SSSR count). The van der Waals surface area contributed by atoms with Crippen molar-refractivity contribution in [3.8, 4) is 5.69 Å². The Hall–Kier alpha value is -1.14. The number of fused-ring (bicyclic) bond motifs is 1. The van der Waals surface area contributed by atoms with Crippen molar-refractivity contribution >= 4 is 45.2 Å². The van der Waals surface area contributed by atoms with Crippen LogP contribution in [0.25, 0.3) is 16.7 Å². The van der Waals surface area contributed by atoms with Gasteiger partial charge >= 0.3 is 0 Å². The van der Waals surface area contributed by atoms with E-state index in [0.717, 1.165) is 31.7 Å². The Bertz CT molecular complexity index is 813. The monoisotopic (exact) mass is 414 g/mol. The molecule has 3 aromatic rings. The summed E-state index contributed by atoms with van der Waals surface area (Å²) >= 11 is 8.06. The van der Waals surface area contributed by atoms with Gasteiger partial charge in [0.1, 0.15) is 11.6 Å². The van der Waals surface area contributed by atoms with E-state index in [-0.39, 0.29) is 5.82 Å². The highest BCUT2D eigenvalue weighted by atomic mass is 127. The Morgan fingerprint density at radius 2 is 2.05 bits per heavy atom. The highest BCUT2D eigenvalue weighted by Gasteiger charge is 2.14. The first kappa shape index (κ1) is 14.8. The lowest BCUT2D eigenvalue weighted by molar-refractivity contribution is 0.626. The molecule has 108 valence electrons. The van der Waals surface area contributed by atoms with Crippen molar-refractivity contribution in [2.45, 2.75) is 13.3 Å². The molecule has 2 nitrogen and oxygen atoms in total. The van der Waals surface area contributed by atoms with E-state index < -0.39 is 0 Å². The zero-order chi connectivity index (χ0) is 15.0. The van der Waals surface area contributed by atoms with Crippen LogP contribution in [0.1, 0.15) is 11.4 Å². The number of halogens is 3. The van der Waals surface area contributed by atoms with Crippen molar-refractivity contribution in [1.82, 2.24) is 9.55 Å². The van der Waals surface area contributed by atoms with Gasteiger partial charge in [-0.05, 0) is 65.4 Å². The molecule has 0 atom stereocenters. The first-order chi connectivity index (χ1) is 10.1. The molecule has 0 aliphatic heterocycles. The van der Waals surface area contributed by atoms with Crippen molar-refractivity contribution in [3.05, 3.63) is 57.2 Å². The van der Waals surface area contributed by atoms with Gasteiger partial charge in [-0.3, -0.25) is 4.57 Å². The molecule has 0 aliphatic carbocycles. The summed E-state index contributed by atoms with van der Waals surface area (Å²) in [4.78, 5) is 4.66. The fraction of sp³-hybridized carbons (Fsp3) is 0.188. The Balaban J connectivity index is 2.32. The maximum Gasteiger partial charge on any atom is 0.124 e. The molecular weight excluding hydrogens is 402 g/mol. The van der Waals surface area contributed by atoms with Gasteiger partial charge in [0.05, 0.1) is 16.7 Å². The molecule has 21 heavy (non-hydrogen) atoms. The first-order valence-corrected chi connectivity index (χ1v) is 8.21. The molecule has 0 bridgehead atoms. The molecule has 2 aromatic carbocycles. The molecule has 0 radical (unpaired) electrons. The van der Waals surface area contributed by atoms with Crippen molar-refractivity contribution in [2.24, 2.45) is 0 Å². The smallest absolute Gasteiger partial charge is 0.124 e. The normalized spacial score (nSPS) is 11.2. The fourth-order valence-electron chi connectivity index (χ4n) is 2.42. The summed E-state index contributed by atoms with van der Waals surface area (Å²) in [5.41, 5.74) is 4.06. The van der Waals surface area contributed by atoms with E-state index in [2.05, 4.69) is 38.2 Å². The number of nitrogens with zero attached hydrogens (tertiary/aromatic N) is 2. The van der Waals surface area contributed by atoms with Crippen molar-refractivity contribution < 1.29 is 4.39 Å². The topological polar surface area (TPSA) is 17.8 Å². The minimum Gasteiger partial charge on any atom is -0.295 e. The molecule has 0 N–H and O–H groups in total. The Morgan fingerprint density at radius 3 is 2.76 bits per heavy atom. The zero-order valence-corrected chi connectivity index (χ0v) is 14.3. The van der Waals surface area contributed by atoms with Gasteiger partial charge in [-0.25, -0.2) is 9.37 Å². The molecule has 0 fully saturated rings. The summed E-state index contributed by atoms with van der Waals surface area (Å²) < 4.78 is 16.3. The number of hydrogen-bond donors (Lipinski definition) is 0. The minimum atomic E-state index is -0.234. The molecule has 5 heteroatoms. The van der Waals surface area contributed by atoms with E-state index in [0.29, 0.717) is 12.3 Å². The average Bonchev–Trinajstić information content (AvgIpc) is 2.77. The fourth-order valence-corrected chi connectivity index (χ4v) is 3.31. The number of benzene rings is 2. The molecule has 0 saturated heterocycles. The van der Waals surface area contributed by atoms with E-state index in [4.69, 9.17) is 11.6 Å². The summed E-state index contributed by atoms with van der Waals surface area (Å²) in [6.07, 6.45) is 0.669. The van der Waals surface area contributed by atoms with Gasteiger partial charge in [0.15, 0.2) is 0 Å². The van der Waals surface area contributed by atoms with Gasteiger partial charge in [0, 0.05) is 15.9 Å². The quantitative estimate of drug-likeness (QED) is 0.442. The highest BCUT2D eigenvalue weighted by molar-refractivity contribution is 14.1. The first-order valence-electron chi connectivity index (χ1n) is 6.59. The van der Waals surface area contributed by atoms with Crippen LogP contribution in [0.2, 0.25) is 0 Å². The second-order valence-corrected chi connectivity index (χ2v) is 6.43.